The number of nitrogens with zero attached hydrogens (tertiary/aromatic N) is 1. The van der Waals surface area contributed by atoms with Crippen molar-refractivity contribution in [3.8, 4) is 22.4 Å². The van der Waals surface area contributed by atoms with Gasteiger partial charge in [-0.1, -0.05) is 87.4 Å². The zero-order chi connectivity index (χ0) is 20.2. The second-order valence-electron chi connectivity index (χ2n) is 6.68. The summed E-state index contributed by atoms with van der Waals surface area (Å²) in [4.78, 5) is 13.9. The third kappa shape index (κ3) is 6.99. The standard InChI is InChI=1S/C22H23N.C3H6O2/c1-2-3-5-8-18-11-16-22(23-17-18)21-14-12-20(13-15-21)19-9-6-4-7-10-19;1-2-3(4)5/h4,6-7,9-17H,2-3,5,8H2,1H3;2H2,1H3,(H,4,5)/p-1. The van der Waals surface area contributed by atoms with Crippen molar-refractivity contribution in [1.82, 2.24) is 4.98 Å². The summed E-state index contributed by atoms with van der Waals surface area (Å²) in [5.41, 5.74) is 6.04. The molecule has 0 spiro atoms. The molecule has 3 heteroatoms. The number of aliphatic carboxylic acids is 1. The second-order valence-corrected chi connectivity index (χ2v) is 6.68. The molecular formula is C25H28NO2-. The molecule has 0 fully saturated rings. The molecule has 2 aromatic carbocycles. The summed E-state index contributed by atoms with van der Waals surface area (Å²) in [5, 5.41) is 9.26. The fourth-order valence-corrected chi connectivity index (χ4v) is 2.79. The van der Waals surface area contributed by atoms with E-state index >= 15 is 0 Å². The maximum absolute atomic E-state index is 9.26. The van der Waals surface area contributed by atoms with Gasteiger partial charge in [-0.25, -0.2) is 0 Å². The van der Waals surface area contributed by atoms with Crippen LogP contribution in [0.2, 0.25) is 0 Å². The molecule has 0 N–H and O–H groups in total. The van der Waals surface area contributed by atoms with Gasteiger partial charge >= 0.3 is 0 Å². The summed E-state index contributed by atoms with van der Waals surface area (Å²) in [6, 6.07) is 23.5. The van der Waals surface area contributed by atoms with E-state index < -0.39 is 5.97 Å². The Morgan fingerprint density at radius 1 is 0.821 bits per heavy atom. The molecule has 28 heavy (non-hydrogen) atoms. The highest BCUT2D eigenvalue weighted by molar-refractivity contribution is 5.68. The van der Waals surface area contributed by atoms with Crippen LogP contribution < -0.4 is 5.11 Å². The molecule has 0 amide bonds. The molecule has 0 radical (unpaired) electrons. The number of hydrogen-bond donors (Lipinski definition) is 0. The monoisotopic (exact) mass is 374 g/mol. The average Bonchev–Trinajstić information content (AvgIpc) is 2.75. The first-order valence-corrected chi connectivity index (χ1v) is 9.94. The summed E-state index contributed by atoms with van der Waals surface area (Å²) in [6.45, 7) is 3.77. The summed E-state index contributed by atoms with van der Waals surface area (Å²) in [5.74, 6) is -0.995. The molecule has 3 nitrogen and oxygen atoms in total. The predicted molar refractivity (Wildman–Crippen MR) is 114 cm³/mol. The van der Waals surface area contributed by atoms with Crippen molar-refractivity contribution in [2.75, 3.05) is 0 Å². The summed E-state index contributed by atoms with van der Waals surface area (Å²) >= 11 is 0. The number of benzene rings is 2. The first-order chi connectivity index (χ1) is 13.6. The van der Waals surface area contributed by atoms with Crippen LogP contribution in [0, 0.1) is 0 Å². The number of carboxylic acid groups (broad SMARTS) is 1. The van der Waals surface area contributed by atoms with Gasteiger partial charge in [-0.2, -0.15) is 0 Å². The van der Waals surface area contributed by atoms with Crippen LogP contribution in [0.5, 0.6) is 0 Å². The van der Waals surface area contributed by atoms with Gasteiger partial charge in [0, 0.05) is 17.7 Å². The predicted octanol–water partition coefficient (Wildman–Crippen LogP) is 5.29. The molecule has 0 aliphatic heterocycles. The first kappa shape index (κ1) is 21.4. The Balaban J connectivity index is 0.000000500. The molecule has 3 aromatic rings. The number of carbonyl (C=O) groups is 1. The third-order valence-corrected chi connectivity index (χ3v) is 4.47. The minimum atomic E-state index is -0.995. The lowest BCUT2D eigenvalue weighted by Gasteiger charge is -2.06. The van der Waals surface area contributed by atoms with E-state index in [4.69, 9.17) is 0 Å². The van der Waals surface area contributed by atoms with E-state index in [2.05, 4.69) is 72.6 Å². The lowest BCUT2D eigenvalue weighted by Crippen LogP contribution is -2.19. The SMILES string of the molecule is CCC(=O)[O-].CCCCCc1ccc(-c2ccc(-c3ccccc3)cc2)nc1. The average molecular weight is 375 g/mol. The molecule has 1 aromatic heterocycles. The summed E-state index contributed by atoms with van der Waals surface area (Å²) < 4.78 is 0. The Labute approximate surface area is 168 Å². The Bertz CT molecular complexity index is 825. The highest BCUT2D eigenvalue weighted by atomic mass is 16.4. The van der Waals surface area contributed by atoms with Gasteiger partial charge < -0.3 is 9.90 Å². The largest absolute Gasteiger partial charge is 0.550 e. The molecule has 3 rings (SSSR count). The summed E-state index contributed by atoms with van der Waals surface area (Å²) in [7, 11) is 0. The van der Waals surface area contributed by atoms with Crippen molar-refractivity contribution in [3.63, 3.8) is 0 Å². The molecule has 0 aliphatic carbocycles. The molecule has 0 saturated carbocycles. The van der Waals surface area contributed by atoms with E-state index in [1.54, 1.807) is 0 Å². The quantitative estimate of drug-likeness (QED) is 0.528. The molecule has 146 valence electrons. The lowest BCUT2D eigenvalue weighted by molar-refractivity contribution is -0.305. The van der Waals surface area contributed by atoms with Crippen LogP contribution in [0.15, 0.2) is 72.9 Å². The van der Waals surface area contributed by atoms with Gasteiger partial charge in [-0.15, -0.1) is 0 Å². The molecule has 0 bridgehead atoms. The topological polar surface area (TPSA) is 53.0 Å². The van der Waals surface area contributed by atoms with Crippen molar-refractivity contribution in [1.29, 1.82) is 0 Å². The zero-order valence-electron chi connectivity index (χ0n) is 16.7. The Hall–Kier alpha value is -2.94. The highest BCUT2D eigenvalue weighted by Crippen LogP contribution is 2.23. The fourth-order valence-electron chi connectivity index (χ4n) is 2.79. The van der Waals surface area contributed by atoms with Gasteiger partial charge in [0.2, 0.25) is 0 Å². The van der Waals surface area contributed by atoms with Crippen LogP contribution in [0.3, 0.4) is 0 Å². The minimum Gasteiger partial charge on any atom is -0.550 e. The number of aromatic nitrogens is 1. The number of carbonyl (C=O) groups excluding carboxylic acids is 1. The van der Waals surface area contributed by atoms with Gasteiger partial charge in [0.05, 0.1) is 5.69 Å². The van der Waals surface area contributed by atoms with Gasteiger partial charge in [-0.05, 0) is 42.0 Å². The van der Waals surface area contributed by atoms with Crippen molar-refractivity contribution in [3.05, 3.63) is 78.5 Å². The van der Waals surface area contributed by atoms with E-state index in [0.717, 1.165) is 12.1 Å². The third-order valence-electron chi connectivity index (χ3n) is 4.47. The van der Waals surface area contributed by atoms with E-state index in [0.29, 0.717) is 0 Å². The molecule has 0 atom stereocenters. The lowest BCUT2D eigenvalue weighted by atomic mass is 10.0. The van der Waals surface area contributed by atoms with Crippen LogP contribution in [-0.4, -0.2) is 11.0 Å². The van der Waals surface area contributed by atoms with Crippen molar-refractivity contribution >= 4 is 5.97 Å². The number of unbranched alkanes of at least 4 members (excludes halogenated alkanes) is 2. The van der Waals surface area contributed by atoms with E-state index in [1.807, 2.05) is 12.3 Å². The Kier molecular flexibility index (Phi) is 8.93. The van der Waals surface area contributed by atoms with Crippen molar-refractivity contribution in [2.45, 2.75) is 46.0 Å². The normalized spacial score (nSPS) is 10.1. The van der Waals surface area contributed by atoms with Crippen LogP contribution >= 0.6 is 0 Å². The molecule has 1 heterocycles. The van der Waals surface area contributed by atoms with Gasteiger partial charge in [0.15, 0.2) is 0 Å². The maximum atomic E-state index is 9.26. The van der Waals surface area contributed by atoms with Crippen molar-refractivity contribution < 1.29 is 9.90 Å². The van der Waals surface area contributed by atoms with Gasteiger partial charge in [0.25, 0.3) is 0 Å². The first-order valence-electron chi connectivity index (χ1n) is 9.94. The van der Waals surface area contributed by atoms with Gasteiger partial charge in [-0.3, -0.25) is 4.98 Å². The van der Waals surface area contributed by atoms with Gasteiger partial charge in [0.1, 0.15) is 0 Å². The maximum Gasteiger partial charge on any atom is 0.0702 e. The fraction of sp³-hybridized carbons (Fsp3) is 0.280. The Morgan fingerprint density at radius 3 is 1.96 bits per heavy atom. The minimum absolute atomic E-state index is 0.111. The van der Waals surface area contributed by atoms with Crippen LogP contribution in [0.1, 0.15) is 45.1 Å². The van der Waals surface area contributed by atoms with Crippen LogP contribution in [0.25, 0.3) is 22.4 Å². The highest BCUT2D eigenvalue weighted by Gasteiger charge is 2.02. The van der Waals surface area contributed by atoms with E-state index in [9.17, 15) is 9.90 Å². The number of rotatable bonds is 7. The number of aryl methyl sites for hydroxylation is 1. The smallest absolute Gasteiger partial charge is 0.0702 e. The van der Waals surface area contributed by atoms with E-state index in [-0.39, 0.29) is 6.42 Å². The zero-order valence-corrected chi connectivity index (χ0v) is 16.7. The number of pyridine rings is 1. The molecule has 0 aliphatic rings. The molecular weight excluding hydrogens is 346 g/mol. The number of hydrogen-bond acceptors (Lipinski definition) is 3. The Morgan fingerprint density at radius 2 is 1.43 bits per heavy atom. The second kappa shape index (κ2) is 11.7. The molecule has 0 saturated heterocycles. The number of carboxylic acids is 1. The van der Waals surface area contributed by atoms with Crippen LogP contribution in [0.4, 0.5) is 0 Å². The molecule has 0 unspecified atom stereocenters. The van der Waals surface area contributed by atoms with Crippen LogP contribution in [-0.2, 0) is 11.2 Å². The van der Waals surface area contributed by atoms with Crippen molar-refractivity contribution in [2.24, 2.45) is 0 Å². The summed E-state index contributed by atoms with van der Waals surface area (Å²) in [6.07, 6.45) is 7.08. The van der Waals surface area contributed by atoms with E-state index in [1.165, 1.54) is 48.4 Å².